The number of fused-ring (bicyclic) bond motifs is 1. The number of para-hydroxylation sites is 1. The summed E-state index contributed by atoms with van der Waals surface area (Å²) in [5, 5.41) is 12.5. The Kier molecular flexibility index (Phi) is 6.45. The Morgan fingerprint density at radius 1 is 1.16 bits per heavy atom. The molecule has 0 saturated carbocycles. The van der Waals surface area contributed by atoms with E-state index in [0.717, 1.165) is 11.3 Å². The van der Waals surface area contributed by atoms with Crippen molar-refractivity contribution in [1.82, 2.24) is 0 Å². The Morgan fingerprint density at radius 2 is 1.96 bits per heavy atom. The molecule has 2 aromatic rings. The zero-order chi connectivity index (χ0) is 17.5. The molecule has 0 saturated heterocycles. The number of ether oxygens (including phenoxy) is 2. The van der Waals surface area contributed by atoms with Gasteiger partial charge < -0.3 is 19.9 Å². The van der Waals surface area contributed by atoms with Crippen LogP contribution in [-0.2, 0) is 17.8 Å². The van der Waals surface area contributed by atoms with Gasteiger partial charge in [-0.05, 0) is 24.5 Å². The molecule has 0 bridgehead atoms. The first kappa shape index (κ1) is 17.9. The molecule has 3 rings (SSSR count). The zero-order valence-corrected chi connectivity index (χ0v) is 14.9. The van der Waals surface area contributed by atoms with E-state index in [9.17, 15) is 5.11 Å². The molecule has 0 radical (unpaired) electrons. The van der Waals surface area contributed by atoms with Gasteiger partial charge in [0.25, 0.3) is 0 Å². The fourth-order valence-electron chi connectivity index (χ4n) is 3.55. The summed E-state index contributed by atoms with van der Waals surface area (Å²) < 4.78 is 11.0. The molecule has 3 N–H and O–H groups in total. The summed E-state index contributed by atoms with van der Waals surface area (Å²) in [5.41, 5.74) is 3.88. The lowest BCUT2D eigenvalue weighted by Crippen LogP contribution is -2.87. The molecular weight excluding hydrogens is 314 g/mol. The molecule has 4 heteroatoms. The first-order valence-electron chi connectivity index (χ1n) is 9.06. The highest BCUT2D eigenvalue weighted by Gasteiger charge is 2.23. The molecule has 1 aliphatic rings. The first-order valence-corrected chi connectivity index (χ1v) is 9.06. The Labute approximate surface area is 149 Å². The van der Waals surface area contributed by atoms with Crippen LogP contribution in [0.3, 0.4) is 0 Å². The number of quaternary nitrogens is 1. The normalized spacial score (nSPS) is 17.8. The van der Waals surface area contributed by atoms with Gasteiger partial charge in [-0.25, -0.2) is 0 Å². The third-order valence-electron chi connectivity index (χ3n) is 4.87. The number of hydrogen-bond acceptors (Lipinski definition) is 3. The second-order valence-corrected chi connectivity index (χ2v) is 6.65. The highest BCUT2D eigenvalue weighted by atomic mass is 16.5. The highest BCUT2D eigenvalue weighted by Crippen LogP contribution is 2.26. The summed E-state index contributed by atoms with van der Waals surface area (Å²) in [6, 6.07) is 16.9. The van der Waals surface area contributed by atoms with Crippen LogP contribution in [0, 0.1) is 0 Å². The van der Waals surface area contributed by atoms with Gasteiger partial charge in [0.15, 0.2) is 0 Å². The molecule has 0 heterocycles. The summed E-state index contributed by atoms with van der Waals surface area (Å²) >= 11 is 0. The SMILES string of the molecule is COc1ccccc1COC[C@H](O)C[NH2+][C@H]1CCCc2ccccc21. The topological polar surface area (TPSA) is 55.3 Å². The first-order chi connectivity index (χ1) is 12.3. The molecule has 4 nitrogen and oxygen atoms in total. The van der Waals surface area contributed by atoms with Gasteiger partial charge in [-0.2, -0.15) is 0 Å². The van der Waals surface area contributed by atoms with Gasteiger partial charge in [0.1, 0.15) is 24.4 Å². The number of hydrogen-bond donors (Lipinski definition) is 2. The van der Waals surface area contributed by atoms with Crippen molar-refractivity contribution in [3.63, 3.8) is 0 Å². The van der Waals surface area contributed by atoms with E-state index in [1.807, 2.05) is 24.3 Å². The molecule has 0 aliphatic heterocycles. The molecule has 0 spiro atoms. The minimum atomic E-state index is -0.469. The van der Waals surface area contributed by atoms with Gasteiger partial charge in [-0.15, -0.1) is 0 Å². The van der Waals surface area contributed by atoms with Crippen molar-refractivity contribution in [2.24, 2.45) is 0 Å². The maximum absolute atomic E-state index is 10.2. The number of rotatable bonds is 8. The van der Waals surface area contributed by atoms with Gasteiger partial charge in [0.05, 0.1) is 20.3 Å². The molecule has 2 atom stereocenters. The molecule has 2 aromatic carbocycles. The molecular formula is C21H28NO3+. The van der Waals surface area contributed by atoms with Gasteiger partial charge in [0.2, 0.25) is 0 Å². The summed E-state index contributed by atoms with van der Waals surface area (Å²) in [4.78, 5) is 0. The van der Waals surface area contributed by atoms with E-state index in [1.165, 1.54) is 30.4 Å². The molecule has 0 aromatic heterocycles. The number of aliphatic hydroxyl groups is 1. The Morgan fingerprint density at radius 3 is 2.84 bits per heavy atom. The predicted octanol–water partition coefficient (Wildman–Crippen LogP) is 2.21. The minimum Gasteiger partial charge on any atom is -0.496 e. The Hall–Kier alpha value is -1.88. The Bertz CT molecular complexity index is 674. The van der Waals surface area contributed by atoms with Crippen LogP contribution < -0.4 is 10.1 Å². The number of benzene rings is 2. The lowest BCUT2D eigenvalue weighted by atomic mass is 9.88. The molecule has 0 unspecified atom stereocenters. The minimum absolute atomic E-state index is 0.336. The monoisotopic (exact) mass is 342 g/mol. The largest absolute Gasteiger partial charge is 0.496 e. The fraction of sp³-hybridized carbons (Fsp3) is 0.429. The maximum Gasteiger partial charge on any atom is 0.126 e. The lowest BCUT2D eigenvalue weighted by Gasteiger charge is -2.24. The van der Waals surface area contributed by atoms with Crippen LogP contribution in [0.2, 0.25) is 0 Å². The summed E-state index contributed by atoms with van der Waals surface area (Å²) in [6.45, 7) is 1.45. The van der Waals surface area contributed by atoms with Crippen LogP contribution >= 0.6 is 0 Å². The average molecular weight is 342 g/mol. The molecule has 134 valence electrons. The maximum atomic E-state index is 10.2. The van der Waals surface area contributed by atoms with Crippen LogP contribution in [0.1, 0.15) is 35.6 Å². The van der Waals surface area contributed by atoms with Gasteiger partial charge in [-0.1, -0.05) is 42.5 Å². The number of methoxy groups -OCH3 is 1. The zero-order valence-electron chi connectivity index (χ0n) is 14.9. The van der Waals surface area contributed by atoms with Crippen LogP contribution in [-0.4, -0.2) is 31.5 Å². The van der Waals surface area contributed by atoms with Crippen molar-refractivity contribution in [2.75, 3.05) is 20.3 Å². The Balaban J connectivity index is 1.44. The van der Waals surface area contributed by atoms with Gasteiger partial charge >= 0.3 is 0 Å². The number of aryl methyl sites for hydroxylation is 1. The summed E-state index contributed by atoms with van der Waals surface area (Å²) in [6.07, 6.45) is 3.10. The van der Waals surface area contributed by atoms with Crippen LogP contribution in [0.5, 0.6) is 5.75 Å². The molecule has 1 aliphatic carbocycles. The smallest absolute Gasteiger partial charge is 0.126 e. The van der Waals surface area contributed by atoms with Crippen LogP contribution in [0.25, 0.3) is 0 Å². The van der Waals surface area contributed by atoms with Crippen molar-refractivity contribution in [1.29, 1.82) is 0 Å². The van der Waals surface area contributed by atoms with E-state index in [-0.39, 0.29) is 0 Å². The third-order valence-corrected chi connectivity index (χ3v) is 4.87. The van der Waals surface area contributed by atoms with Gasteiger partial charge in [0, 0.05) is 17.5 Å². The number of nitrogens with two attached hydrogens (primary N) is 1. The molecule has 0 fully saturated rings. The van der Waals surface area contributed by atoms with Crippen molar-refractivity contribution in [3.05, 3.63) is 65.2 Å². The summed E-state index contributed by atoms with van der Waals surface area (Å²) in [5.74, 6) is 0.822. The van der Waals surface area contributed by atoms with E-state index in [0.29, 0.717) is 25.8 Å². The van der Waals surface area contributed by atoms with Gasteiger partial charge in [-0.3, -0.25) is 0 Å². The summed E-state index contributed by atoms with van der Waals surface area (Å²) in [7, 11) is 1.66. The lowest BCUT2D eigenvalue weighted by molar-refractivity contribution is -0.703. The molecule has 0 amide bonds. The van der Waals surface area contributed by atoms with Crippen LogP contribution in [0.15, 0.2) is 48.5 Å². The predicted molar refractivity (Wildman–Crippen MR) is 97.6 cm³/mol. The average Bonchev–Trinajstić information content (AvgIpc) is 2.66. The second-order valence-electron chi connectivity index (χ2n) is 6.65. The van der Waals surface area contributed by atoms with E-state index in [1.54, 1.807) is 7.11 Å². The third kappa shape index (κ3) is 4.82. The van der Waals surface area contributed by atoms with Crippen LogP contribution in [0.4, 0.5) is 0 Å². The highest BCUT2D eigenvalue weighted by molar-refractivity contribution is 5.32. The quantitative estimate of drug-likeness (QED) is 0.773. The number of aliphatic hydroxyl groups excluding tert-OH is 1. The van der Waals surface area contributed by atoms with E-state index < -0.39 is 6.10 Å². The van der Waals surface area contributed by atoms with E-state index >= 15 is 0 Å². The fourth-order valence-corrected chi connectivity index (χ4v) is 3.55. The van der Waals surface area contributed by atoms with Crippen molar-refractivity contribution in [3.8, 4) is 5.75 Å². The molecule has 25 heavy (non-hydrogen) atoms. The van der Waals surface area contributed by atoms with Crippen molar-refractivity contribution < 1.29 is 19.9 Å². The van der Waals surface area contributed by atoms with Crippen molar-refractivity contribution in [2.45, 2.75) is 38.0 Å². The van der Waals surface area contributed by atoms with E-state index in [2.05, 4.69) is 29.6 Å². The standard InChI is InChI=1S/C21H27NO3/c1-24-21-12-5-3-8-17(21)14-25-15-18(23)13-22-20-11-6-9-16-7-2-4-10-19(16)20/h2-5,7-8,10,12,18,20,22-23H,6,9,11,13-15H2,1H3/p+1/t18-,20+/m1/s1. The van der Waals surface area contributed by atoms with Crippen molar-refractivity contribution >= 4 is 0 Å². The van der Waals surface area contributed by atoms with E-state index in [4.69, 9.17) is 9.47 Å². The second kappa shape index (κ2) is 8.99.